The van der Waals surface area contributed by atoms with Crippen molar-refractivity contribution in [2.75, 3.05) is 13.1 Å². The second-order valence-corrected chi connectivity index (χ2v) is 4.81. The van der Waals surface area contributed by atoms with Gasteiger partial charge in [-0.05, 0) is 25.8 Å². The van der Waals surface area contributed by atoms with Gasteiger partial charge in [0.15, 0.2) is 0 Å². The van der Waals surface area contributed by atoms with Crippen molar-refractivity contribution in [1.82, 2.24) is 5.32 Å². The summed E-state index contributed by atoms with van der Waals surface area (Å²) >= 11 is 0. The second-order valence-electron chi connectivity index (χ2n) is 4.81. The fraction of sp³-hybridized carbons (Fsp3) is 1.00. The van der Waals surface area contributed by atoms with Gasteiger partial charge in [-0.2, -0.15) is 0 Å². The summed E-state index contributed by atoms with van der Waals surface area (Å²) in [5.41, 5.74) is -0.685. The molecule has 84 valence electrons. The molecule has 0 heterocycles. The summed E-state index contributed by atoms with van der Waals surface area (Å²) in [5, 5.41) is 22.7. The molecule has 1 aliphatic carbocycles. The standard InChI is InChI=1S/C11H23NO2/c1-3-12-8-10(13)7-11(2,14)6-9-4-5-9/h9-10,12-14H,3-8H2,1-2H3. The number of aliphatic hydroxyl groups excluding tert-OH is 1. The fourth-order valence-corrected chi connectivity index (χ4v) is 1.92. The molecule has 0 aromatic rings. The smallest absolute Gasteiger partial charge is 0.0691 e. The lowest BCUT2D eigenvalue weighted by molar-refractivity contribution is -0.00589. The van der Waals surface area contributed by atoms with Crippen molar-refractivity contribution in [2.45, 2.75) is 51.2 Å². The summed E-state index contributed by atoms with van der Waals surface area (Å²) in [6.07, 6.45) is 3.40. The van der Waals surface area contributed by atoms with Crippen LogP contribution in [-0.2, 0) is 0 Å². The number of rotatable bonds is 7. The van der Waals surface area contributed by atoms with Gasteiger partial charge in [0.2, 0.25) is 0 Å². The first-order chi connectivity index (χ1) is 6.53. The first kappa shape index (κ1) is 12.0. The van der Waals surface area contributed by atoms with E-state index < -0.39 is 11.7 Å². The molecular formula is C11H23NO2. The predicted octanol–water partition coefficient (Wildman–Crippen LogP) is 0.898. The summed E-state index contributed by atoms with van der Waals surface area (Å²) in [7, 11) is 0. The third kappa shape index (κ3) is 4.94. The summed E-state index contributed by atoms with van der Waals surface area (Å²) in [6.45, 7) is 5.29. The SMILES string of the molecule is CCNCC(O)CC(C)(O)CC1CC1. The van der Waals surface area contributed by atoms with E-state index >= 15 is 0 Å². The highest BCUT2D eigenvalue weighted by molar-refractivity contribution is 4.85. The first-order valence-corrected chi connectivity index (χ1v) is 5.64. The fourth-order valence-electron chi connectivity index (χ4n) is 1.92. The Morgan fingerprint density at radius 2 is 2.14 bits per heavy atom. The van der Waals surface area contributed by atoms with E-state index in [1.165, 1.54) is 12.8 Å². The van der Waals surface area contributed by atoms with Crippen molar-refractivity contribution in [3.8, 4) is 0 Å². The highest BCUT2D eigenvalue weighted by Crippen LogP contribution is 2.38. The second kappa shape index (κ2) is 5.10. The van der Waals surface area contributed by atoms with Gasteiger partial charge in [-0.25, -0.2) is 0 Å². The van der Waals surface area contributed by atoms with Crippen LogP contribution in [0.1, 0.15) is 39.5 Å². The maximum Gasteiger partial charge on any atom is 0.0691 e. The molecule has 3 heteroatoms. The lowest BCUT2D eigenvalue weighted by Crippen LogP contribution is -2.36. The molecule has 0 aromatic carbocycles. The molecule has 0 saturated heterocycles. The van der Waals surface area contributed by atoms with Crippen LogP contribution in [0.3, 0.4) is 0 Å². The van der Waals surface area contributed by atoms with Crippen LogP contribution in [-0.4, -0.2) is 35.0 Å². The number of likely N-dealkylation sites (N-methyl/N-ethyl adjacent to an activating group) is 1. The van der Waals surface area contributed by atoms with Crippen molar-refractivity contribution in [3.05, 3.63) is 0 Å². The largest absolute Gasteiger partial charge is 0.392 e. The summed E-state index contributed by atoms with van der Waals surface area (Å²) in [4.78, 5) is 0. The van der Waals surface area contributed by atoms with Gasteiger partial charge in [-0.3, -0.25) is 0 Å². The highest BCUT2D eigenvalue weighted by atomic mass is 16.3. The average molecular weight is 201 g/mol. The van der Waals surface area contributed by atoms with Crippen LogP contribution in [0.25, 0.3) is 0 Å². The molecule has 0 aromatic heterocycles. The lowest BCUT2D eigenvalue weighted by Gasteiger charge is -2.26. The van der Waals surface area contributed by atoms with Gasteiger partial charge < -0.3 is 15.5 Å². The number of aliphatic hydroxyl groups is 2. The van der Waals surface area contributed by atoms with E-state index in [0.29, 0.717) is 18.9 Å². The van der Waals surface area contributed by atoms with Gasteiger partial charge in [0.05, 0.1) is 11.7 Å². The summed E-state index contributed by atoms with van der Waals surface area (Å²) in [6, 6.07) is 0. The van der Waals surface area contributed by atoms with Crippen molar-refractivity contribution < 1.29 is 10.2 Å². The quantitative estimate of drug-likeness (QED) is 0.573. The zero-order valence-electron chi connectivity index (χ0n) is 9.29. The highest BCUT2D eigenvalue weighted by Gasteiger charge is 2.32. The minimum atomic E-state index is -0.685. The van der Waals surface area contributed by atoms with Crippen molar-refractivity contribution in [2.24, 2.45) is 5.92 Å². The molecule has 3 N–H and O–H groups in total. The minimum Gasteiger partial charge on any atom is -0.392 e. The molecule has 1 aliphatic rings. The molecule has 0 aliphatic heterocycles. The van der Waals surface area contributed by atoms with E-state index in [9.17, 15) is 10.2 Å². The van der Waals surface area contributed by atoms with Gasteiger partial charge >= 0.3 is 0 Å². The van der Waals surface area contributed by atoms with Crippen LogP contribution in [0, 0.1) is 5.92 Å². The topological polar surface area (TPSA) is 52.5 Å². The van der Waals surface area contributed by atoms with Crippen LogP contribution in [0.5, 0.6) is 0 Å². The molecule has 0 spiro atoms. The lowest BCUT2D eigenvalue weighted by atomic mass is 9.92. The molecule has 2 unspecified atom stereocenters. The van der Waals surface area contributed by atoms with E-state index in [1.54, 1.807) is 0 Å². The molecule has 1 saturated carbocycles. The summed E-state index contributed by atoms with van der Waals surface area (Å²) in [5.74, 6) is 0.705. The van der Waals surface area contributed by atoms with E-state index in [4.69, 9.17) is 0 Å². The first-order valence-electron chi connectivity index (χ1n) is 5.64. The number of hydrogen-bond acceptors (Lipinski definition) is 3. The molecule has 1 fully saturated rings. The van der Waals surface area contributed by atoms with E-state index in [1.807, 2.05) is 13.8 Å². The Hall–Kier alpha value is -0.120. The van der Waals surface area contributed by atoms with Crippen molar-refractivity contribution in [1.29, 1.82) is 0 Å². The van der Waals surface area contributed by atoms with Gasteiger partial charge in [-0.15, -0.1) is 0 Å². The van der Waals surface area contributed by atoms with Gasteiger partial charge in [-0.1, -0.05) is 19.8 Å². The number of nitrogens with one attached hydrogen (secondary N) is 1. The molecular weight excluding hydrogens is 178 g/mol. The average Bonchev–Trinajstić information content (AvgIpc) is 2.82. The Labute approximate surface area is 86.5 Å². The van der Waals surface area contributed by atoms with E-state index in [-0.39, 0.29) is 0 Å². The van der Waals surface area contributed by atoms with E-state index in [0.717, 1.165) is 13.0 Å². The van der Waals surface area contributed by atoms with Crippen LogP contribution in [0.15, 0.2) is 0 Å². The van der Waals surface area contributed by atoms with Crippen LogP contribution >= 0.6 is 0 Å². The Kier molecular flexibility index (Phi) is 4.35. The third-order valence-corrected chi connectivity index (χ3v) is 2.73. The Morgan fingerprint density at radius 3 is 2.64 bits per heavy atom. The van der Waals surface area contributed by atoms with Gasteiger partial charge in [0, 0.05) is 13.0 Å². The predicted molar refractivity (Wildman–Crippen MR) is 57.1 cm³/mol. The normalized spacial score (nSPS) is 23.1. The Bertz CT molecular complexity index is 167. The molecule has 3 nitrogen and oxygen atoms in total. The zero-order chi connectivity index (χ0) is 10.6. The summed E-state index contributed by atoms with van der Waals surface area (Å²) < 4.78 is 0. The Balaban J connectivity index is 2.18. The Morgan fingerprint density at radius 1 is 1.50 bits per heavy atom. The van der Waals surface area contributed by atoms with Crippen LogP contribution < -0.4 is 5.32 Å². The maximum atomic E-state index is 10.0. The third-order valence-electron chi connectivity index (χ3n) is 2.73. The molecule has 2 atom stereocenters. The van der Waals surface area contributed by atoms with Gasteiger partial charge in [0.1, 0.15) is 0 Å². The van der Waals surface area contributed by atoms with E-state index in [2.05, 4.69) is 5.32 Å². The zero-order valence-corrected chi connectivity index (χ0v) is 9.29. The van der Waals surface area contributed by atoms with Crippen molar-refractivity contribution in [3.63, 3.8) is 0 Å². The van der Waals surface area contributed by atoms with Crippen LogP contribution in [0.4, 0.5) is 0 Å². The molecule has 0 radical (unpaired) electrons. The maximum absolute atomic E-state index is 10.0. The monoisotopic (exact) mass is 201 g/mol. The van der Waals surface area contributed by atoms with Gasteiger partial charge in [0.25, 0.3) is 0 Å². The van der Waals surface area contributed by atoms with Crippen LogP contribution in [0.2, 0.25) is 0 Å². The minimum absolute atomic E-state index is 0.427. The molecule has 0 amide bonds. The molecule has 14 heavy (non-hydrogen) atoms. The number of hydrogen-bond donors (Lipinski definition) is 3. The molecule has 1 rings (SSSR count). The molecule has 0 bridgehead atoms. The van der Waals surface area contributed by atoms with Crippen molar-refractivity contribution >= 4 is 0 Å².